The van der Waals surface area contributed by atoms with Crippen molar-refractivity contribution in [1.29, 1.82) is 0 Å². The number of rotatable bonds is 7. The molecule has 0 aliphatic rings. The number of sulfonamides is 1. The molecule has 0 amide bonds. The van der Waals surface area contributed by atoms with Crippen molar-refractivity contribution < 1.29 is 8.42 Å². The van der Waals surface area contributed by atoms with E-state index in [1.165, 1.54) is 0 Å². The van der Waals surface area contributed by atoms with Crippen LogP contribution >= 0.6 is 15.9 Å². The highest BCUT2D eigenvalue weighted by molar-refractivity contribution is 9.10. The summed E-state index contributed by atoms with van der Waals surface area (Å²) in [6.45, 7) is 8.39. The van der Waals surface area contributed by atoms with Crippen molar-refractivity contribution in [3.05, 3.63) is 28.2 Å². The summed E-state index contributed by atoms with van der Waals surface area (Å²) >= 11 is 3.36. The number of hydrogen-bond acceptors (Lipinski definition) is 2. The van der Waals surface area contributed by atoms with E-state index in [-0.39, 0.29) is 6.04 Å². The average Bonchev–Trinajstić information content (AvgIpc) is 2.36. The molecule has 0 aliphatic heterocycles. The average molecular weight is 362 g/mol. The Labute approximate surface area is 131 Å². The Balaban J connectivity index is 3.12. The van der Waals surface area contributed by atoms with Crippen molar-refractivity contribution in [2.45, 2.75) is 57.9 Å². The number of aryl methyl sites for hydroxylation is 1. The zero-order valence-electron chi connectivity index (χ0n) is 12.7. The van der Waals surface area contributed by atoms with Gasteiger partial charge in [-0.05, 0) is 44.9 Å². The minimum atomic E-state index is -3.43. The molecule has 20 heavy (non-hydrogen) atoms. The van der Waals surface area contributed by atoms with Gasteiger partial charge in [0.1, 0.15) is 0 Å². The van der Waals surface area contributed by atoms with E-state index in [2.05, 4.69) is 22.9 Å². The van der Waals surface area contributed by atoms with Crippen LogP contribution in [-0.4, -0.2) is 25.3 Å². The van der Waals surface area contributed by atoms with Crippen molar-refractivity contribution in [1.82, 2.24) is 4.31 Å². The lowest BCUT2D eigenvalue weighted by Gasteiger charge is -2.26. The van der Waals surface area contributed by atoms with Crippen molar-refractivity contribution >= 4 is 26.0 Å². The second-order valence-electron chi connectivity index (χ2n) is 5.33. The fourth-order valence-corrected chi connectivity index (χ4v) is 4.59. The smallest absolute Gasteiger partial charge is 0.207 e. The molecule has 0 heterocycles. The summed E-state index contributed by atoms with van der Waals surface area (Å²) in [7, 11) is -3.43. The normalized spacial score (nSPS) is 12.3. The molecule has 1 rings (SSSR count). The summed E-state index contributed by atoms with van der Waals surface area (Å²) in [6.07, 6.45) is 3.04. The van der Waals surface area contributed by atoms with Crippen molar-refractivity contribution in [3.63, 3.8) is 0 Å². The molecule has 0 saturated carbocycles. The third-order valence-corrected chi connectivity index (χ3v) is 6.01. The third kappa shape index (κ3) is 4.30. The SMILES string of the molecule is CCCCCN(C(C)C)S(=O)(=O)c1cc(Br)ccc1C. The van der Waals surface area contributed by atoms with E-state index >= 15 is 0 Å². The fourth-order valence-electron chi connectivity index (χ4n) is 2.15. The summed E-state index contributed by atoms with van der Waals surface area (Å²) in [6, 6.07) is 5.36. The van der Waals surface area contributed by atoms with Crippen LogP contribution in [0.2, 0.25) is 0 Å². The van der Waals surface area contributed by atoms with E-state index in [1.54, 1.807) is 10.4 Å². The van der Waals surface area contributed by atoms with Crippen LogP contribution in [0.3, 0.4) is 0 Å². The molecule has 0 atom stereocenters. The summed E-state index contributed by atoms with van der Waals surface area (Å²) in [5.74, 6) is 0. The maximum Gasteiger partial charge on any atom is 0.243 e. The van der Waals surface area contributed by atoms with E-state index < -0.39 is 10.0 Å². The van der Waals surface area contributed by atoms with Crippen LogP contribution in [0.15, 0.2) is 27.6 Å². The molecule has 0 aliphatic carbocycles. The van der Waals surface area contributed by atoms with Crippen LogP contribution in [-0.2, 0) is 10.0 Å². The first-order valence-corrected chi connectivity index (χ1v) is 9.32. The van der Waals surface area contributed by atoms with Crippen LogP contribution in [0.4, 0.5) is 0 Å². The van der Waals surface area contributed by atoms with Crippen LogP contribution < -0.4 is 0 Å². The summed E-state index contributed by atoms with van der Waals surface area (Å²) < 4.78 is 28.1. The Bertz CT molecular complexity index is 541. The minimum absolute atomic E-state index is 0.0322. The van der Waals surface area contributed by atoms with E-state index in [1.807, 2.05) is 32.9 Å². The molecule has 0 radical (unpaired) electrons. The lowest BCUT2D eigenvalue weighted by molar-refractivity contribution is 0.345. The summed E-state index contributed by atoms with van der Waals surface area (Å²) in [5.41, 5.74) is 0.786. The molecule has 0 aromatic heterocycles. The Morgan fingerprint density at radius 1 is 1.25 bits per heavy atom. The molecule has 0 spiro atoms. The molecule has 114 valence electrons. The molecular weight excluding hydrogens is 338 g/mol. The highest BCUT2D eigenvalue weighted by Gasteiger charge is 2.27. The lowest BCUT2D eigenvalue weighted by Crippen LogP contribution is -2.38. The number of nitrogens with zero attached hydrogens (tertiary/aromatic N) is 1. The topological polar surface area (TPSA) is 37.4 Å². The quantitative estimate of drug-likeness (QED) is 0.677. The monoisotopic (exact) mass is 361 g/mol. The Hall–Kier alpha value is -0.390. The molecule has 0 bridgehead atoms. The van der Waals surface area contributed by atoms with E-state index in [9.17, 15) is 8.42 Å². The molecule has 1 aromatic carbocycles. The second-order valence-corrected chi connectivity index (χ2v) is 8.10. The summed E-state index contributed by atoms with van der Waals surface area (Å²) in [4.78, 5) is 0.400. The first-order chi connectivity index (χ1) is 9.30. The molecule has 1 aromatic rings. The molecule has 5 heteroatoms. The van der Waals surface area contributed by atoms with Gasteiger partial charge in [0.2, 0.25) is 10.0 Å². The lowest BCUT2D eigenvalue weighted by atomic mass is 10.2. The predicted octanol–water partition coefficient (Wildman–Crippen LogP) is 4.35. The van der Waals surface area contributed by atoms with Gasteiger partial charge in [0.05, 0.1) is 4.90 Å². The van der Waals surface area contributed by atoms with E-state index in [0.29, 0.717) is 11.4 Å². The number of benzene rings is 1. The van der Waals surface area contributed by atoms with Gasteiger partial charge >= 0.3 is 0 Å². The van der Waals surface area contributed by atoms with Gasteiger partial charge in [0.15, 0.2) is 0 Å². The molecule has 0 saturated heterocycles. The highest BCUT2D eigenvalue weighted by Crippen LogP contribution is 2.25. The van der Waals surface area contributed by atoms with Crippen LogP contribution in [0.1, 0.15) is 45.6 Å². The molecular formula is C15H24BrNO2S. The van der Waals surface area contributed by atoms with Crippen molar-refractivity contribution in [2.24, 2.45) is 0 Å². The Kier molecular flexibility index (Phi) is 6.69. The van der Waals surface area contributed by atoms with Gasteiger partial charge in [-0.1, -0.05) is 41.8 Å². The third-order valence-electron chi connectivity index (χ3n) is 3.29. The minimum Gasteiger partial charge on any atom is -0.207 e. The fraction of sp³-hybridized carbons (Fsp3) is 0.600. The zero-order valence-corrected chi connectivity index (χ0v) is 15.1. The van der Waals surface area contributed by atoms with E-state index in [4.69, 9.17) is 0 Å². The van der Waals surface area contributed by atoms with Gasteiger partial charge in [-0.2, -0.15) is 4.31 Å². The molecule has 0 fully saturated rings. The highest BCUT2D eigenvalue weighted by atomic mass is 79.9. The first-order valence-electron chi connectivity index (χ1n) is 7.08. The van der Waals surface area contributed by atoms with Gasteiger partial charge in [-0.3, -0.25) is 0 Å². The number of halogens is 1. The predicted molar refractivity (Wildman–Crippen MR) is 87.4 cm³/mol. The van der Waals surface area contributed by atoms with Gasteiger partial charge in [-0.25, -0.2) is 8.42 Å². The zero-order chi connectivity index (χ0) is 15.3. The largest absolute Gasteiger partial charge is 0.243 e. The van der Waals surface area contributed by atoms with Crippen LogP contribution in [0.5, 0.6) is 0 Å². The maximum absolute atomic E-state index is 12.8. The van der Waals surface area contributed by atoms with Gasteiger partial charge < -0.3 is 0 Å². The van der Waals surface area contributed by atoms with Crippen molar-refractivity contribution in [2.75, 3.05) is 6.54 Å². The Morgan fingerprint density at radius 3 is 2.45 bits per heavy atom. The van der Waals surface area contributed by atoms with Crippen molar-refractivity contribution in [3.8, 4) is 0 Å². The van der Waals surface area contributed by atoms with Gasteiger partial charge in [0.25, 0.3) is 0 Å². The number of hydrogen-bond donors (Lipinski definition) is 0. The van der Waals surface area contributed by atoms with E-state index in [0.717, 1.165) is 29.3 Å². The summed E-state index contributed by atoms with van der Waals surface area (Å²) in [5, 5.41) is 0. The first kappa shape index (κ1) is 17.7. The Morgan fingerprint density at radius 2 is 1.90 bits per heavy atom. The van der Waals surface area contributed by atoms with Gasteiger partial charge in [0, 0.05) is 17.1 Å². The second kappa shape index (κ2) is 7.57. The molecule has 0 unspecified atom stereocenters. The molecule has 0 N–H and O–H groups in total. The van der Waals surface area contributed by atoms with Gasteiger partial charge in [-0.15, -0.1) is 0 Å². The van der Waals surface area contributed by atoms with Crippen LogP contribution in [0.25, 0.3) is 0 Å². The van der Waals surface area contributed by atoms with Crippen LogP contribution in [0, 0.1) is 6.92 Å². The maximum atomic E-state index is 12.8. The standard InChI is InChI=1S/C15H24BrNO2S/c1-5-6-7-10-17(12(2)3)20(18,19)15-11-14(16)9-8-13(15)4/h8-9,11-12H,5-7,10H2,1-4H3. The molecule has 3 nitrogen and oxygen atoms in total. The number of unbranched alkanes of at least 4 members (excludes halogenated alkanes) is 2.